The lowest BCUT2D eigenvalue weighted by atomic mass is 9.68. The number of halogens is 1. The topological polar surface area (TPSA) is 84.7 Å². The van der Waals surface area contributed by atoms with Gasteiger partial charge in [0.15, 0.2) is 0 Å². The second-order valence-electron chi connectivity index (χ2n) is 6.82. The van der Waals surface area contributed by atoms with Crippen molar-refractivity contribution in [3.63, 3.8) is 0 Å². The first-order chi connectivity index (χ1) is 12.9. The van der Waals surface area contributed by atoms with Crippen LogP contribution in [-0.2, 0) is 16.0 Å². The number of benzene rings is 1. The van der Waals surface area contributed by atoms with E-state index in [4.69, 9.17) is 4.74 Å². The van der Waals surface area contributed by atoms with E-state index >= 15 is 0 Å². The van der Waals surface area contributed by atoms with Crippen LogP contribution in [0.15, 0.2) is 36.0 Å². The summed E-state index contributed by atoms with van der Waals surface area (Å²) in [6.07, 6.45) is 3.26. The van der Waals surface area contributed by atoms with E-state index in [0.717, 1.165) is 16.8 Å². The summed E-state index contributed by atoms with van der Waals surface area (Å²) in [7, 11) is 1.31. The third-order valence-electron chi connectivity index (χ3n) is 5.33. The molecule has 2 heterocycles. The van der Waals surface area contributed by atoms with Crippen molar-refractivity contribution >= 4 is 18.1 Å². The van der Waals surface area contributed by atoms with Crippen LogP contribution in [0.5, 0.6) is 0 Å². The summed E-state index contributed by atoms with van der Waals surface area (Å²) >= 11 is 0. The standard InChI is InChI=1S/C19H18FN3O4/c1-27-17(24)19-9-12-10-21-23(15-4-2-14(20)3-5-15)16(12)8-13(19)6-7-22(11-19)18(25)26/h2-5,8,10H,6-7,9,11H2,1H3,(H,25,26)/t19-/m0/s1. The van der Waals surface area contributed by atoms with Gasteiger partial charge in [0.2, 0.25) is 0 Å². The zero-order chi connectivity index (χ0) is 19.2. The minimum atomic E-state index is -1.05. The van der Waals surface area contributed by atoms with E-state index in [-0.39, 0.29) is 12.4 Å². The summed E-state index contributed by atoms with van der Waals surface area (Å²) < 4.78 is 20.0. The number of carboxylic acid groups (broad SMARTS) is 1. The molecule has 7 nitrogen and oxygen atoms in total. The van der Waals surface area contributed by atoms with Crippen LogP contribution >= 0.6 is 0 Å². The maximum absolute atomic E-state index is 13.2. The Labute approximate surface area is 154 Å². The van der Waals surface area contributed by atoms with E-state index < -0.39 is 17.5 Å². The number of piperidine rings is 1. The fourth-order valence-electron chi connectivity index (χ4n) is 3.97. The molecule has 1 aliphatic heterocycles. The third-order valence-corrected chi connectivity index (χ3v) is 5.33. The molecule has 1 aromatic carbocycles. The molecule has 140 valence electrons. The SMILES string of the molecule is COC(=O)[C@]12Cc3cnn(-c4ccc(F)cc4)c3C=C1CCN(C(=O)O)C2. The van der Waals surface area contributed by atoms with Crippen LogP contribution in [0, 0.1) is 11.2 Å². The highest BCUT2D eigenvalue weighted by Crippen LogP contribution is 2.45. The van der Waals surface area contributed by atoms with Crippen LogP contribution in [-0.4, -0.2) is 52.0 Å². The number of likely N-dealkylation sites (tertiary alicyclic amines) is 1. The van der Waals surface area contributed by atoms with Gasteiger partial charge in [-0.3, -0.25) is 4.79 Å². The maximum atomic E-state index is 13.2. The van der Waals surface area contributed by atoms with E-state index in [1.165, 1.54) is 24.1 Å². The number of nitrogens with zero attached hydrogens (tertiary/aromatic N) is 3. The van der Waals surface area contributed by atoms with Crippen molar-refractivity contribution in [1.82, 2.24) is 14.7 Å². The molecule has 1 atom stereocenters. The van der Waals surface area contributed by atoms with Gasteiger partial charge in [0, 0.05) is 13.1 Å². The Bertz CT molecular complexity index is 950. The van der Waals surface area contributed by atoms with Crippen molar-refractivity contribution in [2.45, 2.75) is 12.8 Å². The summed E-state index contributed by atoms with van der Waals surface area (Å²) in [6.45, 7) is 0.377. The molecule has 4 rings (SSSR count). The molecule has 1 N–H and O–H groups in total. The Kier molecular flexibility index (Phi) is 3.98. The average molecular weight is 371 g/mol. The summed E-state index contributed by atoms with van der Waals surface area (Å²) in [4.78, 5) is 25.4. The van der Waals surface area contributed by atoms with Gasteiger partial charge >= 0.3 is 12.1 Å². The van der Waals surface area contributed by atoms with Gasteiger partial charge in [-0.05, 0) is 54.3 Å². The molecule has 1 aliphatic carbocycles. The van der Waals surface area contributed by atoms with Gasteiger partial charge in [0.05, 0.1) is 24.7 Å². The van der Waals surface area contributed by atoms with Gasteiger partial charge in [-0.2, -0.15) is 5.10 Å². The Hall–Kier alpha value is -3.16. The second kappa shape index (κ2) is 6.22. The lowest BCUT2D eigenvalue weighted by molar-refractivity contribution is -0.152. The molecule has 1 fully saturated rings. The summed E-state index contributed by atoms with van der Waals surface area (Å²) in [5.41, 5.74) is 2.15. The molecule has 27 heavy (non-hydrogen) atoms. The maximum Gasteiger partial charge on any atom is 0.407 e. The van der Waals surface area contributed by atoms with Gasteiger partial charge < -0.3 is 14.7 Å². The third kappa shape index (κ3) is 2.68. The number of carbonyl (C=O) groups is 2. The van der Waals surface area contributed by atoms with Gasteiger partial charge in [-0.1, -0.05) is 0 Å². The minimum absolute atomic E-state index is 0.0575. The number of carbonyl (C=O) groups excluding carboxylic acids is 1. The van der Waals surface area contributed by atoms with E-state index in [9.17, 15) is 19.1 Å². The molecule has 2 aromatic rings. The Morgan fingerprint density at radius 1 is 1.30 bits per heavy atom. The number of hydrogen-bond acceptors (Lipinski definition) is 4. The van der Waals surface area contributed by atoms with Crippen molar-refractivity contribution in [1.29, 1.82) is 0 Å². The van der Waals surface area contributed by atoms with Crippen molar-refractivity contribution in [3.05, 3.63) is 53.1 Å². The molecule has 1 amide bonds. The number of esters is 1. The Balaban J connectivity index is 1.79. The van der Waals surface area contributed by atoms with Crippen LogP contribution < -0.4 is 0 Å². The van der Waals surface area contributed by atoms with Crippen molar-refractivity contribution in [2.75, 3.05) is 20.2 Å². The summed E-state index contributed by atoms with van der Waals surface area (Å²) in [5.74, 6) is -0.774. The van der Waals surface area contributed by atoms with Gasteiger partial charge in [0.25, 0.3) is 0 Å². The number of methoxy groups -OCH3 is 1. The molecule has 0 spiro atoms. The monoisotopic (exact) mass is 371 g/mol. The molecule has 0 saturated carbocycles. The fourth-order valence-corrected chi connectivity index (χ4v) is 3.97. The Morgan fingerprint density at radius 3 is 2.70 bits per heavy atom. The molecule has 8 heteroatoms. The molecule has 1 aromatic heterocycles. The van der Waals surface area contributed by atoms with Gasteiger partial charge in [0.1, 0.15) is 11.2 Å². The minimum Gasteiger partial charge on any atom is -0.468 e. The van der Waals surface area contributed by atoms with E-state index in [1.54, 1.807) is 23.0 Å². The van der Waals surface area contributed by atoms with E-state index in [0.29, 0.717) is 25.1 Å². The van der Waals surface area contributed by atoms with E-state index in [2.05, 4.69) is 5.10 Å². The van der Waals surface area contributed by atoms with Gasteiger partial charge in [-0.25, -0.2) is 13.9 Å². The smallest absolute Gasteiger partial charge is 0.407 e. The predicted molar refractivity (Wildman–Crippen MR) is 93.9 cm³/mol. The number of fused-ring (bicyclic) bond motifs is 2. The quantitative estimate of drug-likeness (QED) is 0.820. The van der Waals surface area contributed by atoms with Crippen LogP contribution in [0.1, 0.15) is 17.7 Å². The predicted octanol–water partition coefficient (Wildman–Crippen LogP) is 2.49. The highest BCUT2D eigenvalue weighted by Gasteiger charge is 2.50. The van der Waals surface area contributed by atoms with Crippen LogP contribution in [0.4, 0.5) is 9.18 Å². The molecular formula is C19H18FN3O4. The first kappa shape index (κ1) is 17.3. The summed E-state index contributed by atoms with van der Waals surface area (Å²) in [5, 5.41) is 13.8. The first-order valence-corrected chi connectivity index (χ1v) is 8.55. The van der Waals surface area contributed by atoms with Gasteiger partial charge in [-0.15, -0.1) is 0 Å². The average Bonchev–Trinajstić information content (AvgIpc) is 3.07. The number of ether oxygens (including phenoxy) is 1. The second-order valence-corrected chi connectivity index (χ2v) is 6.82. The number of amides is 1. The molecule has 1 saturated heterocycles. The summed E-state index contributed by atoms with van der Waals surface area (Å²) in [6, 6.07) is 6.00. The first-order valence-electron chi connectivity index (χ1n) is 8.55. The Morgan fingerprint density at radius 2 is 2.04 bits per heavy atom. The van der Waals surface area contributed by atoms with Crippen LogP contribution in [0.25, 0.3) is 11.8 Å². The zero-order valence-electron chi connectivity index (χ0n) is 14.7. The van der Waals surface area contributed by atoms with Crippen LogP contribution in [0.3, 0.4) is 0 Å². The number of hydrogen-bond donors (Lipinski definition) is 1. The molecule has 0 radical (unpaired) electrons. The van der Waals surface area contributed by atoms with Crippen LogP contribution in [0.2, 0.25) is 0 Å². The normalized spacial score (nSPS) is 21.1. The van der Waals surface area contributed by atoms with Crippen molar-refractivity contribution in [3.8, 4) is 5.69 Å². The highest BCUT2D eigenvalue weighted by atomic mass is 19.1. The lowest BCUT2D eigenvalue weighted by Gasteiger charge is -2.43. The number of rotatable bonds is 2. The largest absolute Gasteiger partial charge is 0.468 e. The zero-order valence-corrected chi connectivity index (χ0v) is 14.7. The molecule has 0 unspecified atom stereocenters. The fraction of sp³-hybridized carbons (Fsp3) is 0.316. The lowest BCUT2D eigenvalue weighted by Crippen LogP contribution is -2.53. The molecular weight excluding hydrogens is 353 g/mol. The number of aromatic nitrogens is 2. The van der Waals surface area contributed by atoms with Crippen molar-refractivity contribution < 1.29 is 23.8 Å². The van der Waals surface area contributed by atoms with Crippen molar-refractivity contribution in [2.24, 2.45) is 5.41 Å². The molecule has 0 bridgehead atoms. The van der Waals surface area contributed by atoms with E-state index in [1.807, 2.05) is 6.08 Å². The highest BCUT2D eigenvalue weighted by molar-refractivity contribution is 5.86. The molecule has 2 aliphatic rings.